The molecule has 0 aliphatic carbocycles. The Morgan fingerprint density at radius 2 is 2.00 bits per heavy atom. The molecule has 0 unspecified atom stereocenters. The van der Waals surface area contributed by atoms with Crippen LogP contribution >= 0.6 is 15.9 Å². The number of carbonyl (C=O) groups is 1. The Hall–Kier alpha value is -1.68. The van der Waals surface area contributed by atoms with Gasteiger partial charge in [-0.25, -0.2) is 4.79 Å². The van der Waals surface area contributed by atoms with E-state index in [-0.39, 0.29) is 0 Å². The van der Waals surface area contributed by atoms with Crippen LogP contribution in [0.15, 0.2) is 53.3 Å². The number of benzene rings is 1. The molecule has 0 atom stereocenters. The summed E-state index contributed by atoms with van der Waals surface area (Å²) in [6.45, 7) is 0. The maximum absolute atomic E-state index is 11.8. The highest BCUT2D eigenvalue weighted by atomic mass is 79.9. The van der Waals surface area contributed by atoms with Crippen molar-refractivity contribution in [2.24, 2.45) is 0 Å². The van der Waals surface area contributed by atoms with E-state index in [1.165, 1.54) is 6.20 Å². The Morgan fingerprint density at radius 1 is 1.19 bits per heavy atom. The number of carbonyl (C=O) groups excluding carboxylic acids is 1. The SMILES string of the molecule is O=C(Oc1cccnc1)c1ccccc1Br. The Morgan fingerprint density at radius 3 is 2.69 bits per heavy atom. The molecule has 0 bridgehead atoms. The van der Waals surface area contributed by atoms with Gasteiger partial charge in [-0.2, -0.15) is 0 Å². The molecule has 0 aliphatic heterocycles. The van der Waals surface area contributed by atoms with Crippen molar-refractivity contribution in [2.75, 3.05) is 0 Å². The number of aromatic nitrogens is 1. The minimum atomic E-state index is -0.402. The molecule has 2 rings (SSSR count). The van der Waals surface area contributed by atoms with Crippen molar-refractivity contribution in [3.63, 3.8) is 0 Å². The molecule has 0 aliphatic rings. The third-order valence-electron chi connectivity index (χ3n) is 1.94. The van der Waals surface area contributed by atoms with Crippen molar-refractivity contribution in [1.29, 1.82) is 0 Å². The molecule has 1 aromatic heterocycles. The lowest BCUT2D eigenvalue weighted by Gasteiger charge is -2.04. The zero-order valence-corrected chi connectivity index (χ0v) is 9.85. The number of hydrogen-bond acceptors (Lipinski definition) is 3. The predicted octanol–water partition coefficient (Wildman–Crippen LogP) is 3.06. The number of esters is 1. The van der Waals surface area contributed by atoms with Crippen LogP contribution in [-0.4, -0.2) is 11.0 Å². The molecule has 1 aromatic carbocycles. The summed E-state index contributed by atoms with van der Waals surface area (Å²) in [5.41, 5.74) is 0.492. The summed E-state index contributed by atoms with van der Waals surface area (Å²) in [4.78, 5) is 15.6. The van der Waals surface area contributed by atoms with Crippen LogP contribution in [0.4, 0.5) is 0 Å². The van der Waals surface area contributed by atoms with Crippen molar-refractivity contribution in [3.05, 3.63) is 58.8 Å². The molecule has 3 nitrogen and oxygen atoms in total. The molecule has 0 fully saturated rings. The molecule has 0 saturated carbocycles. The first-order chi connectivity index (χ1) is 7.77. The third kappa shape index (κ3) is 2.46. The topological polar surface area (TPSA) is 39.2 Å². The highest BCUT2D eigenvalue weighted by molar-refractivity contribution is 9.10. The van der Waals surface area contributed by atoms with Crippen molar-refractivity contribution < 1.29 is 9.53 Å². The number of nitrogens with zero attached hydrogens (tertiary/aromatic N) is 1. The number of pyridine rings is 1. The van der Waals surface area contributed by atoms with E-state index in [0.717, 1.165) is 0 Å². The van der Waals surface area contributed by atoms with E-state index in [1.807, 2.05) is 6.07 Å². The van der Waals surface area contributed by atoms with Crippen LogP contribution < -0.4 is 4.74 Å². The summed E-state index contributed by atoms with van der Waals surface area (Å²) in [6, 6.07) is 10.5. The zero-order chi connectivity index (χ0) is 11.4. The molecular formula is C12H8BrNO2. The van der Waals surface area contributed by atoms with Gasteiger partial charge in [-0.1, -0.05) is 12.1 Å². The highest BCUT2D eigenvalue weighted by Gasteiger charge is 2.11. The smallest absolute Gasteiger partial charge is 0.344 e. The molecular weight excluding hydrogens is 270 g/mol. The second-order valence-electron chi connectivity index (χ2n) is 3.06. The summed E-state index contributed by atoms with van der Waals surface area (Å²) in [7, 11) is 0. The zero-order valence-electron chi connectivity index (χ0n) is 8.26. The quantitative estimate of drug-likeness (QED) is 0.792. The van der Waals surface area contributed by atoms with Crippen molar-refractivity contribution >= 4 is 21.9 Å². The van der Waals surface area contributed by atoms with Crippen molar-refractivity contribution in [1.82, 2.24) is 4.98 Å². The molecule has 16 heavy (non-hydrogen) atoms. The summed E-state index contributed by atoms with van der Waals surface area (Å²) in [6.07, 6.45) is 3.12. The first kappa shape index (κ1) is 10.8. The van der Waals surface area contributed by atoms with E-state index in [2.05, 4.69) is 20.9 Å². The van der Waals surface area contributed by atoms with Gasteiger partial charge in [0.05, 0.1) is 11.8 Å². The number of hydrogen-bond donors (Lipinski definition) is 0. The summed E-state index contributed by atoms with van der Waals surface area (Å²) >= 11 is 3.29. The Labute approximate surface area is 101 Å². The Balaban J connectivity index is 2.19. The molecule has 2 aromatic rings. The Kier molecular flexibility index (Phi) is 3.31. The van der Waals surface area contributed by atoms with Crippen LogP contribution in [0, 0.1) is 0 Å². The molecule has 4 heteroatoms. The maximum Gasteiger partial charge on any atom is 0.344 e. The van der Waals surface area contributed by atoms with E-state index in [0.29, 0.717) is 15.8 Å². The molecule has 0 amide bonds. The first-order valence-corrected chi connectivity index (χ1v) is 5.43. The van der Waals surface area contributed by atoms with Gasteiger partial charge in [-0.3, -0.25) is 4.98 Å². The lowest BCUT2D eigenvalue weighted by atomic mass is 10.2. The largest absolute Gasteiger partial charge is 0.421 e. The van der Waals surface area contributed by atoms with E-state index < -0.39 is 5.97 Å². The van der Waals surface area contributed by atoms with E-state index in [4.69, 9.17) is 4.74 Å². The monoisotopic (exact) mass is 277 g/mol. The molecule has 0 radical (unpaired) electrons. The minimum absolute atomic E-state index is 0.402. The normalized spacial score (nSPS) is 9.81. The Bertz CT molecular complexity index is 499. The van der Waals surface area contributed by atoms with Gasteiger partial charge in [-0.15, -0.1) is 0 Å². The molecule has 1 heterocycles. The minimum Gasteiger partial charge on any atom is -0.421 e. The van der Waals surface area contributed by atoms with Gasteiger partial charge in [0.25, 0.3) is 0 Å². The molecule has 0 saturated heterocycles. The average Bonchev–Trinajstić information content (AvgIpc) is 2.31. The summed E-state index contributed by atoms with van der Waals surface area (Å²) < 4.78 is 5.86. The van der Waals surface area contributed by atoms with Gasteiger partial charge < -0.3 is 4.74 Å². The molecule has 0 N–H and O–H groups in total. The lowest BCUT2D eigenvalue weighted by molar-refractivity contribution is 0.0733. The summed E-state index contributed by atoms with van der Waals surface area (Å²) in [5.74, 6) is 0.0312. The van der Waals surface area contributed by atoms with Crippen molar-refractivity contribution in [2.45, 2.75) is 0 Å². The fourth-order valence-electron chi connectivity index (χ4n) is 1.20. The van der Waals surface area contributed by atoms with Crippen LogP contribution in [-0.2, 0) is 0 Å². The van der Waals surface area contributed by atoms with E-state index in [9.17, 15) is 4.79 Å². The highest BCUT2D eigenvalue weighted by Crippen LogP contribution is 2.18. The fraction of sp³-hybridized carbons (Fsp3) is 0. The molecule has 80 valence electrons. The van der Waals surface area contributed by atoms with Gasteiger partial charge in [0, 0.05) is 10.7 Å². The van der Waals surface area contributed by atoms with Gasteiger partial charge in [0.15, 0.2) is 0 Å². The first-order valence-electron chi connectivity index (χ1n) is 4.64. The number of ether oxygens (including phenoxy) is 1. The average molecular weight is 278 g/mol. The van der Waals surface area contributed by atoms with Gasteiger partial charge >= 0.3 is 5.97 Å². The van der Waals surface area contributed by atoms with Crippen LogP contribution in [0.3, 0.4) is 0 Å². The fourth-order valence-corrected chi connectivity index (χ4v) is 1.64. The van der Waals surface area contributed by atoms with Gasteiger partial charge in [-0.05, 0) is 40.2 Å². The third-order valence-corrected chi connectivity index (χ3v) is 2.63. The van der Waals surface area contributed by atoms with E-state index >= 15 is 0 Å². The maximum atomic E-state index is 11.8. The second kappa shape index (κ2) is 4.90. The van der Waals surface area contributed by atoms with Crippen LogP contribution in [0.25, 0.3) is 0 Å². The molecule has 0 spiro atoms. The van der Waals surface area contributed by atoms with E-state index in [1.54, 1.807) is 36.5 Å². The van der Waals surface area contributed by atoms with Crippen LogP contribution in [0.2, 0.25) is 0 Å². The predicted molar refractivity (Wildman–Crippen MR) is 63.3 cm³/mol. The number of halogens is 1. The van der Waals surface area contributed by atoms with Crippen molar-refractivity contribution in [3.8, 4) is 5.75 Å². The standard InChI is InChI=1S/C12H8BrNO2/c13-11-6-2-1-5-10(11)12(15)16-9-4-3-7-14-8-9/h1-8H. The lowest BCUT2D eigenvalue weighted by Crippen LogP contribution is -2.09. The second-order valence-corrected chi connectivity index (χ2v) is 3.91. The number of rotatable bonds is 2. The van der Waals surface area contributed by atoms with Gasteiger partial charge in [0.2, 0.25) is 0 Å². The van der Waals surface area contributed by atoms with Crippen LogP contribution in [0.1, 0.15) is 10.4 Å². The summed E-state index contributed by atoms with van der Waals surface area (Å²) in [5, 5.41) is 0. The van der Waals surface area contributed by atoms with Crippen LogP contribution in [0.5, 0.6) is 5.75 Å². The van der Waals surface area contributed by atoms with Gasteiger partial charge in [0.1, 0.15) is 5.75 Å².